The summed E-state index contributed by atoms with van der Waals surface area (Å²) in [5, 5.41) is 10.1. The molecule has 31 heavy (non-hydrogen) atoms. The summed E-state index contributed by atoms with van der Waals surface area (Å²) in [5.41, 5.74) is 0. The Morgan fingerprint density at radius 1 is 0.645 bits per heavy atom. The largest absolute Gasteiger partial charge is 0.550 e. The first-order valence-corrected chi connectivity index (χ1v) is 13.7. The van der Waals surface area contributed by atoms with Crippen LogP contribution in [0.25, 0.3) is 0 Å². The van der Waals surface area contributed by atoms with E-state index < -0.39 is 5.97 Å². The molecule has 0 N–H and O–H groups in total. The van der Waals surface area contributed by atoms with Crippen LogP contribution in [0.1, 0.15) is 137 Å². The van der Waals surface area contributed by atoms with Crippen molar-refractivity contribution in [2.45, 2.75) is 137 Å². The molecular formula is C28H57NO2. The number of hydrogen-bond donors (Lipinski definition) is 0. The first-order valence-electron chi connectivity index (χ1n) is 13.7. The molecular weight excluding hydrogens is 382 g/mol. The van der Waals surface area contributed by atoms with Gasteiger partial charge >= 0.3 is 0 Å². The Labute approximate surface area is 196 Å². The highest BCUT2D eigenvalue weighted by Crippen LogP contribution is 2.15. The second-order valence-corrected chi connectivity index (χ2v) is 9.32. The molecule has 0 aliphatic heterocycles. The van der Waals surface area contributed by atoms with E-state index in [1.807, 2.05) is 6.08 Å². The minimum atomic E-state index is -0.924. The summed E-state index contributed by atoms with van der Waals surface area (Å²) >= 11 is 0. The number of nitrogens with zero attached hydrogens (tertiary/aromatic N) is 1. The molecule has 0 bridgehead atoms. The molecule has 0 atom stereocenters. The lowest BCUT2D eigenvalue weighted by molar-refractivity contribution is -0.928. The summed E-state index contributed by atoms with van der Waals surface area (Å²) in [6.07, 6.45) is 22.5. The highest BCUT2D eigenvalue weighted by molar-refractivity contribution is 5.63. The zero-order chi connectivity index (χ0) is 23.6. The van der Waals surface area contributed by atoms with Crippen LogP contribution < -0.4 is 5.11 Å². The average Bonchev–Trinajstić information content (AvgIpc) is 2.73. The van der Waals surface area contributed by atoms with Gasteiger partial charge in [-0.3, -0.25) is 0 Å². The highest BCUT2D eigenvalue weighted by Gasteiger charge is 2.23. The van der Waals surface area contributed by atoms with Gasteiger partial charge in [0.25, 0.3) is 0 Å². The number of carboxylic acid groups (broad SMARTS) is 1. The van der Waals surface area contributed by atoms with Crippen LogP contribution >= 0.6 is 0 Å². The standard InChI is InChI=1S/C17H38N.C11H20O2/c1-5-9-10-11-12-13-17-18(14-6-2,15-7-3)16-8-4;1-2-3-4-5-6-7-8-9-10-11(12)13/h5-17H2,1-4H3;2H,1,3-10H2,(H,12,13)/q+1;/p-1. The second-order valence-electron chi connectivity index (χ2n) is 9.32. The molecule has 0 aliphatic carbocycles. The van der Waals surface area contributed by atoms with Gasteiger partial charge in [0.1, 0.15) is 0 Å². The van der Waals surface area contributed by atoms with Crippen LogP contribution in [0, 0.1) is 0 Å². The Morgan fingerprint density at radius 2 is 1.10 bits per heavy atom. The van der Waals surface area contributed by atoms with E-state index in [1.165, 1.54) is 108 Å². The molecule has 3 nitrogen and oxygen atoms in total. The maximum atomic E-state index is 10.1. The lowest BCUT2D eigenvalue weighted by Gasteiger charge is -2.38. The first kappa shape index (κ1) is 32.4. The van der Waals surface area contributed by atoms with Crippen molar-refractivity contribution in [1.82, 2.24) is 0 Å². The summed E-state index contributed by atoms with van der Waals surface area (Å²) in [7, 11) is 0. The minimum absolute atomic E-state index is 0.215. The van der Waals surface area contributed by atoms with E-state index in [4.69, 9.17) is 0 Å². The van der Waals surface area contributed by atoms with Gasteiger partial charge in [-0.05, 0) is 57.8 Å². The van der Waals surface area contributed by atoms with Crippen molar-refractivity contribution >= 4 is 5.97 Å². The summed E-state index contributed by atoms with van der Waals surface area (Å²) in [4.78, 5) is 10.1. The van der Waals surface area contributed by atoms with Crippen LogP contribution in [0.15, 0.2) is 12.7 Å². The number of aliphatic carboxylic acids is 1. The predicted molar refractivity (Wildman–Crippen MR) is 136 cm³/mol. The number of allylic oxidation sites excluding steroid dienone is 1. The van der Waals surface area contributed by atoms with Crippen molar-refractivity contribution in [2.24, 2.45) is 0 Å². The first-order chi connectivity index (χ1) is 15.0. The molecule has 0 saturated carbocycles. The van der Waals surface area contributed by atoms with E-state index >= 15 is 0 Å². The predicted octanol–water partition coefficient (Wildman–Crippen LogP) is 7.44. The molecule has 0 aliphatic rings. The topological polar surface area (TPSA) is 40.1 Å². The SMILES string of the molecule is C=CCCCCCCCCC(=O)[O-].CCCCCCCC[N+](CCC)(CCC)CCC. The van der Waals surface area contributed by atoms with Crippen molar-refractivity contribution in [2.75, 3.05) is 26.2 Å². The molecule has 186 valence electrons. The summed E-state index contributed by atoms with van der Waals surface area (Å²) < 4.78 is 1.40. The lowest BCUT2D eigenvalue weighted by Crippen LogP contribution is -2.50. The molecule has 0 unspecified atom stereocenters. The molecule has 3 heteroatoms. The Hall–Kier alpha value is -0.830. The third kappa shape index (κ3) is 23.7. The number of carboxylic acids is 1. The minimum Gasteiger partial charge on any atom is -0.550 e. The van der Waals surface area contributed by atoms with Crippen LogP contribution in [0.5, 0.6) is 0 Å². The molecule has 0 aromatic carbocycles. The smallest absolute Gasteiger partial charge is 0.0786 e. The molecule has 0 saturated heterocycles. The quantitative estimate of drug-likeness (QED) is 0.0999. The van der Waals surface area contributed by atoms with Crippen LogP contribution in [-0.2, 0) is 4.79 Å². The van der Waals surface area contributed by atoms with Gasteiger partial charge in [-0.15, -0.1) is 6.58 Å². The van der Waals surface area contributed by atoms with Crippen LogP contribution in [0.4, 0.5) is 0 Å². The van der Waals surface area contributed by atoms with E-state index in [1.54, 1.807) is 0 Å². The van der Waals surface area contributed by atoms with Gasteiger partial charge in [-0.25, -0.2) is 0 Å². The summed E-state index contributed by atoms with van der Waals surface area (Å²) in [5.74, 6) is -0.924. The van der Waals surface area contributed by atoms with Crippen LogP contribution in [0.2, 0.25) is 0 Å². The number of unbranched alkanes of at least 4 members (excludes halogenated alkanes) is 11. The van der Waals surface area contributed by atoms with E-state index in [-0.39, 0.29) is 6.42 Å². The third-order valence-corrected chi connectivity index (χ3v) is 6.12. The van der Waals surface area contributed by atoms with E-state index in [0.29, 0.717) is 0 Å². The lowest BCUT2D eigenvalue weighted by atomic mass is 10.1. The molecule has 0 radical (unpaired) electrons. The number of hydrogen-bond acceptors (Lipinski definition) is 2. The van der Waals surface area contributed by atoms with Gasteiger partial charge in [0.2, 0.25) is 0 Å². The Kier molecular flexibility index (Phi) is 26.5. The zero-order valence-electron chi connectivity index (χ0n) is 21.9. The Morgan fingerprint density at radius 3 is 1.55 bits per heavy atom. The number of quaternary nitrogens is 1. The van der Waals surface area contributed by atoms with Crippen molar-refractivity contribution in [3.8, 4) is 0 Å². The summed E-state index contributed by atoms with van der Waals surface area (Å²) in [6.45, 7) is 18.6. The van der Waals surface area contributed by atoms with Crippen molar-refractivity contribution in [1.29, 1.82) is 0 Å². The molecule has 0 heterocycles. The van der Waals surface area contributed by atoms with Gasteiger partial charge in [0.05, 0.1) is 26.2 Å². The molecule has 0 rings (SSSR count). The second kappa shape index (κ2) is 25.4. The Bertz CT molecular complexity index is 364. The van der Waals surface area contributed by atoms with E-state index in [2.05, 4.69) is 34.3 Å². The fourth-order valence-electron chi connectivity index (χ4n) is 4.59. The molecule has 0 amide bonds. The average molecular weight is 440 g/mol. The monoisotopic (exact) mass is 439 g/mol. The zero-order valence-corrected chi connectivity index (χ0v) is 21.9. The maximum absolute atomic E-state index is 10.1. The third-order valence-electron chi connectivity index (χ3n) is 6.12. The van der Waals surface area contributed by atoms with Crippen LogP contribution in [-0.4, -0.2) is 36.6 Å². The van der Waals surface area contributed by atoms with Gasteiger partial charge in [-0.2, -0.15) is 0 Å². The summed E-state index contributed by atoms with van der Waals surface area (Å²) in [6, 6.07) is 0. The van der Waals surface area contributed by atoms with E-state index in [0.717, 1.165) is 25.7 Å². The fourth-order valence-corrected chi connectivity index (χ4v) is 4.59. The number of rotatable bonds is 22. The molecule has 0 spiro atoms. The molecule has 0 fully saturated rings. The number of carbonyl (C=O) groups excluding carboxylic acids is 1. The normalized spacial score (nSPS) is 11.1. The van der Waals surface area contributed by atoms with Gasteiger partial charge in [-0.1, -0.05) is 85.1 Å². The maximum Gasteiger partial charge on any atom is 0.0786 e. The highest BCUT2D eigenvalue weighted by atomic mass is 16.4. The van der Waals surface area contributed by atoms with Crippen molar-refractivity contribution in [3.05, 3.63) is 12.7 Å². The Balaban J connectivity index is 0. The van der Waals surface area contributed by atoms with Crippen LogP contribution in [0.3, 0.4) is 0 Å². The van der Waals surface area contributed by atoms with E-state index in [9.17, 15) is 9.90 Å². The van der Waals surface area contributed by atoms with Gasteiger partial charge in [0, 0.05) is 5.97 Å². The van der Waals surface area contributed by atoms with Gasteiger partial charge in [0.15, 0.2) is 0 Å². The number of carbonyl (C=O) groups is 1. The molecule has 0 aromatic rings. The molecule has 0 aromatic heterocycles. The van der Waals surface area contributed by atoms with Gasteiger partial charge < -0.3 is 14.4 Å². The van der Waals surface area contributed by atoms with Crippen molar-refractivity contribution < 1.29 is 14.4 Å². The fraction of sp³-hybridized carbons (Fsp3) is 0.893. The van der Waals surface area contributed by atoms with Crippen molar-refractivity contribution in [3.63, 3.8) is 0 Å².